The van der Waals surface area contributed by atoms with Gasteiger partial charge in [-0.3, -0.25) is 4.99 Å². The van der Waals surface area contributed by atoms with E-state index < -0.39 is 0 Å². The van der Waals surface area contributed by atoms with E-state index in [1.165, 1.54) is 11.1 Å². The van der Waals surface area contributed by atoms with Crippen LogP contribution < -0.4 is 20.1 Å². The number of nitrogens with one attached hydrogen (secondary N) is 3. The van der Waals surface area contributed by atoms with E-state index in [-0.39, 0.29) is 24.0 Å². The van der Waals surface area contributed by atoms with Crippen molar-refractivity contribution in [3.8, 4) is 11.5 Å². The van der Waals surface area contributed by atoms with Crippen molar-refractivity contribution >= 4 is 46.5 Å². The lowest BCUT2D eigenvalue weighted by Crippen LogP contribution is -2.32. The predicted octanol–water partition coefficient (Wildman–Crippen LogP) is 4.42. The summed E-state index contributed by atoms with van der Waals surface area (Å²) in [6.45, 7) is 3.29. The van der Waals surface area contributed by atoms with Gasteiger partial charge in [-0.1, -0.05) is 18.2 Å². The van der Waals surface area contributed by atoms with Crippen LogP contribution in [-0.4, -0.2) is 38.3 Å². The van der Waals surface area contributed by atoms with Gasteiger partial charge in [0.25, 0.3) is 0 Å². The monoisotopic (exact) mass is 494 g/mol. The molecule has 0 aliphatic heterocycles. The fourth-order valence-electron chi connectivity index (χ4n) is 2.92. The minimum Gasteiger partial charge on any atom is -0.493 e. The molecular formula is C21H27IN4O2. The summed E-state index contributed by atoms with van der Waals surface area (Å²) in [5, 5.41) is 7.86. The Morgan fingerprint density at radius 3 is 2.64 bits per heavy atom. The number of ether oxygens (including phenoxy) is 2. The van der Waals surface area contributed by atoms with Crippen molar-refractivity contribution in [2.24, 2.45) is 4.99 Å². The van der Waals surface area contributed by atoms with Gasteiger partial charge in [-0.05, 0) is 36.6 Å². The van der Waals surface area contributed by atoms with Crippen LogP contribution in [0.3, 0.4) is 0 Å². The van der Waals surface area contributed by atoms with Crippen LogP contribution in [-0.2, 0) is 6.42 Å². The summed E-state index contributed by atoms with van der Waals surface area (Å²) >= 11 is 0. The fraction of sp³-hybridized carbons (Fsp3) is 0.286. The van der Waals surface area contributed by atoms with Crippen LogP contribution in [0.4, 0.5) is 5.69 Å². The fourth-order valence-corrected chi connectivity index (χ4v) is 2.92. The Balaban J connectivity index is 0.00000280. The maximum absolute atomic E-state index is 5.62. The van der Waals surface area contributed by atoms with E-state index in [1.54, 1.807) is 14.2 Å². The quantitative estimate of drug-likeness (QED) is 0.258. The minimum absolute atomic E-state index is 0. The van der Waals surface area contributed by atoms with E-state index in [4.69, 9.17) is 9.47 Å². The van der Waals surface area contributed by atoms with E-state index in [0.717, 1.165) is 24.2 Å². The number of halogens is 1. The van der Waals surface area contributed by atoms with Crippen LogP contribution >= 0.6 is 24.0 Å². The summed E-state index contributed by atoms with van der Waals surface area (Å²) in [6.07, 6.45) is 0.877. The van der Waals surface area contributed by atoms with E-state index in [2.05, 4.69) is 44.9 Å². The standard InChI is InChI=1S/C21H26N4O2.HI/c1-4-27-20-14-16(9-10-19(20)26-3)25-21(22-2)23-12-11-17-13-15-7-5-6-8-18(15)24-17;/h5-10,13-14,24H,4,11-12H2,1-3H3,(H2,22,23,25);1H. The van der Waals surface area contributed by atoms with Crippen LogP contribution in [0.15, 0.2) is 53.5 Å². The number of H-pyrrole nitrogens is 1. The normalized spacial score (nSPS) is 11.0. The minimum atomic E-state index is 0. The highest BCUT2D eigenvalue weighted by molar-refractivity contribution is 14.0. The van der Waals surface area contributed by atoms with E-state index in [0.29, 0.717) is 24.1 Å². The molecule has 0 spiro atoms. The number of fused-ring (bicyclic) bond motifs is 1. The number of rotatable bonds is 7. The molecule has 28 heavy (non-hydrogen) atoms. The van der Waals surface area contributed by atoms with E-state index >= 15 is 0 Å². The maximum atomic E-state index is 5.62. The summed E-state index contributed by atoms with van der Waals surface area (Å²) in [4.78, 5) is 7.73. The van der Waals surface area contributed by atoms with Crippen LogP contribution in [0, 0.1) is 0 Å². The number of hydrogen-bond acceptors (Lipinski definition) is 3. The van der Waals surface area contributed by atoms with Gasteiger partial charge in [0.05, 0.1) is 13.7 Å². The SMILES string of the molecule is CCOc1cc(NC(=NC)NCCc2cc3ccccc3[nH]2)ccc1OC.I. The molecule has 150 valence electrons. The first kappa shape index (κ1) is 21.9. The number of para-hydroxylation sites is 1. The number of hydrogen-bond donors (Lipinski definition) is 3. The Bertz CT molecular complexity index is 891. The third-order valence-electron chi connectivity index (χ3n) is 4.22. The Kier molecular flexibility index (Phi) is 8.43. The van der Waals surface area contributed by atoms with Gasteiger partial charge in [0.15, 0.2) is 17.5 Å². The van der Waals surface area contributed by atoms with Gasteiger partial charge in [0.1, 0.15) is 0 Å². The molecule has 0 radical (unpaired) electrons. The van der Waals surface area contributed by atoms with Gasteiger partial charge in [-0.15, -0.1) is 24.0 Å². The first-order valence-corrected chi connectivity index (χ1v) is 9.08. The summed E-state index contributed by atoms with van der Waals surface area (Å²) in [7, 11) is 3.39. The topological polar surface area (TPSA) is 70.7 Å². The van der Waals surface area contributed by atoms with Gasteiger partial charge in [0.2, 0.25) is 0 Å². The number of aromatic amines is 1. The van der Waals surface area contributed by atoms with Crippen molar-refractivity contribution in [1.29, 1.82) is 0 Å². The first-order valence-electron chi connectivity index (χ1n) is 9.08. The number of anilines is 1. The molecule has 0 saturated heterocycles. The number of aliphatic imine (C=N–C) groups is 1. The molecule has 0 aliphatic rings. The van der Waals surface area contributed by atoms with Crippen molar-refractivity contribution in [3.05, 3.63) is 54.2 Å². The van der Waals surface area contributed by atoms with Crippen LogP contribution in [0.5, 0.6) is 11.5 Å². The summed E-state index contributed by atoms with van der Waals surface area (Å²) in [6, 6.07) is 16.2. The second kappa shape index (κ2) is 10.8. The zero-order valence-electron chi connectivity index (χ0n) is 16.4. The second-order valence-electron chi connectivity index (χ2n) is 6.05. The number of aromatic nitrogens is 1. The third kappa shape index (κ3) is 5.54. The Labute approximate surface area is 182 Å². The molecule has 3 rings (SSSR count). The Morgan fingerprint density at radius 2 is 1.93 bits per heavy atom. The lowest BCUT2D eigenvalue weighted by atomic mass is 10.2. The van der Waals surface area contributed by atoms with Crippen molar-refractivity contribution in [3.63, 3.8) is 0 Å². The smallest absolute Gasteiger partial charge is 0.195 e. The molecule has 7 heteroatoms. The van der Waals surface area contributed by atoms with Crippen LogP contribution in [0.2, 0.25) is 0 Å². The maximum Gasteiger partial charge on any atom is 0.195 e. The lowest BCUT2D eigenvalue weighted by molar-refractivity contribution is 0.311. The largest absolute Gasteiger partial charge is 0.493 e. The average molecular weight is 494 g/mol. The summed E-state index contributed by atoms with van der Waals surface area (Å²) in [5.41, 5.74) is 3.25. The van der Waals surface area contributed by atoms with Crippen molar-refractivity contribution in [1.82, 2.24) is 10.3 Å². The summed E-state index contributed by atoms with van der Waals surface area (Å²) < 4.78 is 10.9. The zero-order chi connectivity index (χ0) is 19.1. The molecule has 3 aromatic rings. The molecule has 2 aromatic carbocycles. The van der Waals surface area contributed by atoms with Crippen molar-refractivity contribution in [2.45, 2.75) is 13.3 Å². The molecule has 6 nitrogen and oxygen atoms in total. The molecule has 0 bridgehead atoms. The highest BCUT2D eigenvalue weighted by Gasteiger charge is 2.07. The molecule has 0 saturated carbocycles. The van der Waals surface area contributed by atoms with Gasteiger partial charge in [-0.25, -0.2) is 0 Å². The molecule has 0 fully saturated rings. The Morgan fingerprint density at radius 1 is 1.11 bits per heavy atom. The van der Waals surface area contributed by atoms with Crippen molar-refractivity contribution < 1.29 is 9.47 Å². The molecule has 0 unspecified atom stereocenters. The van der Waals surface area contributed by atoms with Gasteiger partial charge in [0, 0.05) is 43.0 Å². The number of methoxy groups -OCH3 is 1. The number of nitrogens with zero attached hydrogens (tertiary/aromatic N) is 1. The lowest BCUT2D eigenvalue weighted by Gasteiger charge is -2.14. The van der Waals surface area contributed by atoms with E-state index in [1.807, 2.05) is 31.2 Å². The van der Waals surface area contributed by atoms with E-state index in [9.17, 15) is 0 Å². The number of benzene rings is 2. The highest BCUT2D eigenvalue weighted by Crippen LogP contribution is 2.30. The molecule has 0 amide bonds. The molecule has 0 atom stereocenters. The predicted molar refractivity (Wildman–Crippen MR) is 127 cm³/mol. The second-order valence-corrected chi connectivity index (χ2v) is 6.05. The molecule has 0 aliphatic carbocycles. The molecule has 1 heterocycles. The van der Waals surface area contributed by atoms with Crippen LogP contribution in [0.1, 0.15) is 12.6 Å². The molecular weight excluding hydrogens is 467 g/mol. The zero-order valence-corrected chi connectivity index (χ0v) is 18.7. The summed E-state index contributed by atoms with van der Waals surface area (Å²) in [5.74, 6) is 2.13. The van der Waals surface area contributed by atoms with Crippen LogP contribution in [0.25, 0.3) is 10.9 Å². The van der Waals surface area contributed by atoms with Gasteiger partial charge >= 0.3 is 0 Å². The molecule has 1 aromatic heterocycles. The highest BCUT2D eigenvalue weighted by atomic mass is 127. The third-order valence-corrected chi connectivity index (χ3v) is 4.22. The number of guanidine groups is 1. The average Bonchev–Trinajstić information content (AvgIpc) is 3.10. The first-order chi connectivity index (χ1) is 13.2. The molecule has 3 N–H and O–H groups in total. The Hall–Kier alpha value is -2.42. The van der Waals surface area contributed by atoms with Gasteiger partial charge < -0.3 is 25.1 Å². The van der Waals surface area contributed by atoms with Gasteiger partial charge in [-0.2, -0.15) is 0 Å². The van der Waals surface area contributed by atoms with Crippen molar-refractivity contribution in [2.75, 3.05) is 32.6 Å².